The Morgan fingerprint density at radius 1 is 1.00 bits per heavy atom. The Bertz CT molecular complexity index is 1310. The SMILES string of the molecule is COC(=O)c1c(C(=O)OC)c2cc(-c3cccs3)ncn2c1C(=O)c1ccc(Cl)cc1. The van der Waals surface area contributed by atoms with Crippen LogP contribution in [0.4, 0.5) is 0 Å². The minimum Gasteiger partial charge on any atom is -0.465 e. The van der Waals surface area contributed by atoms with Crippen LogP contribution in [-0.4, -0.2) is 41.3 Å². The predicted octanol–water partition coefficient (Wildman–Crippen LogP) is 4.52. The lowest BCUT2D eigenvalue weighted by Crippen LogP contribution is -2.15. The molecule has 0 bridgehead atoms. The Hall–Kier alpha value is -3.49. The largest absolute Gasteiger partial charge is 0.465 e. The topological polar surface area (TPSA) is 87.0 Å². The fraction of sp³-hybridized carbons (Fsp3) is 0.0909. The Morgan fingerprint density at radius 3 is 2.29 bits per heavy atom. The molecule has 0 spiro atoms. The minimum atomic E-state index is -0.834. The fourth-order valence-corrected chi connectivity index (χ4v) is 4.10. The van der Waals surface area contributed by atoms with Crippen LogP contribution in [-0.2, 0) is 9.47 Å². The van der Waals surface area contributed by atoms with Gasteiger partial charge < -0.3 is 9.47 Å². The molecule has 4 rings (SSSR count). The molecule has 3 heterocycles. The molecule has 0 radical (unpaired) electrons. The lowest BCUT2D eigenvalue weighted by atomic mass is 10.0. The van der Waals surface area contributed by atoms with Crippen molar-refractivity contribution >= 4 is 46.2 Å². The van der Waals surface area contributed by atoms with Crippen molar-refractivity contribution in [1.82, 2.24) is 9.38 Å². The maximum Gasteiger partial charge on any atom is 0.341 e. The van der Waals surface area contributed by atoms with Crippen LogP contribution in [0.1, 0.15) is 36.8 Å². The molecular formula is C22H15ClN2O5S. The highest BCUT2D eigenvalue weighted by Gasteiger charge is 2.33. The zero-order valence-electron chi connectivity index (χ0n) is 16.4. The van der Waals surface area contributed by atoms with Crippen molar-refractivity contribution in [2.75, 3.05) is 14.2 Å². The van der Waals surface area contributed by atoms with Crippen LogP contribution in [0.25, 0.3) is 16.1 Å². The van der Waals surface area contributed by atoms with Crippen molar-refractivity contribution in [2.45, 2.75) is 0 Å². The summed E-state index contributed by atoms with van der Waals surface area (Å²) in [5, 5.41) is 2.36. The summed E-state index contributed by atoms with van der Waals surface area (Å²) < 4.78 is 11.2. The van der Waals surface area contributed by atoms with E-state index in [9.17, 15) is 14.4 Å². The van der Waals surface area contributed by atoms with Crippen LogP contribution in [0, 0.1) is 0 Å². The average Bonchev–Trinajstić information content (AvgIpc) is 3.44. The van der Waals surface area contributed by atoms with Gasteiger partial charge in [-0.05, 0) is 41.8 Å². The highest BCUT2D eigenvalue weighted by Crippen LogP contribution is 2.31. The van der Waals surface area contributed by atoms with Crippen molar-refractivity contribution in [3.63, 3.8) is 0 Å². The number of halogens is 1. The highest BCUT2D eigenvalue weighted by atomic mass is 35.5. The molecule has 0 aliphatic heterocycles. The molecule has 1 aromatic carbocycles. The predicted molar refractivity (Wildman–Crippen MR) is 116 cm³/mol. The van der Waals surface area contributed by atoms with E-state index in [0.717, 1.165) is 4.88 Å². The molecular weight excluding hydrogens is 440 g/mol. The van der Waals surface area contributed by atoms with Crippen molar-refractivity contribution in [3.8, 4) is 10.6 Å². The molecule has 0 amide bonds. The second-order valence-corrected chi connectivity index (χ2v) is 7.81. The number of methoxy groups -OCH3 is 2. The number of carbonyl (C=O) groups is 3. The van der Waals surface area contributed by atoms with Crippen LogP contribution in [0.5, 0.6) is 0 Å². The van der Waals surface area contributed by atoms with Gasteiger partial charge in [-0.15, -0.1) is 11.3 Å². The van der Waals surface area contributed by atoms with Crippen molar-refractivity contribution < 1.29 is 23.9 Å². The van der Waals surface area contributed by atoms with Gasteiger partial charge in [0.25, 0.3) is 0 Å². The van der Waals surface area contributed by atoms with E-state index in [1.54, 1.807) is 18.2 Å². The second kappa shape index (κ2) is 8.33. The van der Waals surface area contributed by atoms with Gasteiger partial charge in [0.15, 0.2) is 0 Å². The van der Waals surface area contributed by atoms with Crippen molar-refractivity contribution in [2.24, 2.45) is 0 Å². The number of benzene rings is 1. The molecule has 0 N–H and O–H groups in total. The molecule has 0 aliphatic rings. The van der Waals surface area contributed by atoms with Gasteiger partial charge in [0, 0.05) is 10.6 Å². The first kappa shape index (κ1) is 20.8. The van der Waals surface area contributed by atoms with E-state index in [1.165, 1.54) is 48.4 Å². The number of thiophene rings is 1. The second-order valence-electron chi connectivity index (χ2n) is 6.42. The molecule has 0 atom stereocenters. The van der Waals surface area contributed by atoms with E-state index in [1.807, 2.05) is 17.5 Å². The number of fused-ring (bicyclic) bond motifs is 1. The molecule has 4 aromatic rings. The molecule has 0 saturated carbocycles. The fourth-order valence-electron chi connectivity index (χ4n) is 3.29. The quantitative estimate of drug-likeness (QED) is 0.325. The third-order valence-corrected chi connectivity index (χ3v) is 5.85. The van der Waals surface area contributed by atoms with Crippen LogP contribution in [0.15, 0.2) is 54.2 Å². The highest BCUT2D eigenvalue weighted by molar-refractivity contribution is 7.13. The molecule has 9 heteroatoms. The molecule has 0 unspecified atom stereocenters. The first-order chi connectivity index (χ1) is 15.0. The number of esters is 2. The zero-order valence-corrected chi connectivity index (χ0v) is 18.0. The Labute approximate surface area is 185 Å². The number of nitrogens with zero attached hydrogens (tertiary/aromatic N) is 2. The van der Waals surface area contributed by atoms with Crippen LogP contribution >= 0.6 is 22.9 Å². The first-order valence-electron chi connectivity index (χ1n) is 9.01. The number of aromatic nitrogens is 2. The number of ether oxygens (including phenoxy) is 2. The summed E-state index contributed by atoms with van der Waals surface area (Å²) in [5.41, 5.74) is 0.892. The molecule has 0 fully saturated rings. The van der Waals surface area contributed by atoms with Gasteiger partial charge in [-0.2, -0.15) is 0 Å². The summed E-state index contributed by atoms with van der Waals surface area (Å²) >= 11 is 7.40. The number of rotatable bonds is 5. The van der Waals surface area contributed by atoms with Crippen molar-refractivity contribution in [3.05, 3.63) is 81.6 Å². The maximum atomic E-state index is 13.4. The number of ketones is 1. The Kier molecular flexibility index (Phi) is 5.58. The van der Waals surface area contributed by atoms with E-state index in [2.05, 4.69) is 4.98 Å². The van der Waals surface area contributed by atoms with Crippen LogP contribution in [0.3, 0.4) is 0 Å². The van der Waals surface area contributed by atoms with Gasteiger partial charge in [0.2, 0.25) is 5.78 Å². The van der Waals surface area contributed by atoms with Gasteiger partial charge in [-0.25, -0.2) is 14.6 Å². The van der Waals surface area contributed by atoms with Gasteiger partial charge in [0.05, 0.1) is 30.3 Å². The van der Waals surface area contributed by atoms with Crippen molar-refractivity contribution in [1.29, 1.82) is 0 Å². The van der Waals surface area contributed by atoms with E-state index in [4.69, 9.17) is 21.1 Å². The summed E-state index contributed by atoms with van der Waals surface area (Å²) in [7, 11) is 2.38. The summed E-state index contributed by atoms with van der Waals surface area (Å²) in [6.45, 7) is 0. The molecule has 156 valence electrons. The summed E-state index contributed by atoms with van der Waals surface area (Å²) in [6, 6.07) is 11.6. The summed E-state index contributed by atoms with van der Waals surface area (Å²) in [4.78, 5) is 44.1. The standard InChI is InChI=1S/C22H15ClN2O5S/c1-29-21(27)17-15-10-14(16-4-3-9-31-16)24-11-25(15)19(18(17)22(28)30-2)20(26)12-5-7-13(23)8-6-12/h3-11H,1-2H3. The monoisotopic (exact) mass is 454 g/mol. The number of carbonyl (C=O) groups excluding carboxylic acids is 3. The molecule has 31 heavy (non-hydrogen) atoms. The zero-order chi connectivity index (χ0) is 22.1. The van der Waals surface area contributed by atoms with E-state index < -0.39 is 17.7 Å². The van der Waals surface area contributed by atoms with Gasteiger partial charge in [0.1, 0.15) is 23.1 Å². The van der Waals surface area contributed by atoms with E-state index in [-0.39, 0.29) is 22.4 Å². The number of hydrogen-bond donors (Lipinski definition) is 0. The van der Waals surface area contributed by atoms with Crippen LogP contribution < -0.4 is 0 Å². The summed E-state index contributed by atoms with van der Waals surface area (Å²) in [6.07, 6.45) is 1.41. The van der Waals surface area contributed by atoms with Gasteiger partial charge >= 0.3 is 11.9 Å². The third-order valence-electron chi connectivity index (χ3n) is 4.70. The Balaban J connectivity index is 2.05. The third kappa shape index (κ3) is 3.60. The van der Waals surface area contributed by atoms with Gasteiger partial charge in [-0.1, -0.05) is 17.7 Å². The Morgan fingerprint density at radius 2 is 1.68 bits per heavy atom. The molecule has 3 aromatic heterocycles. The molecule has 7 nitrogen and oxygen atoms in total. The maximum absolute atomic E-state index is 13.4. The number of hydrogen-bond acceptors (Lipinski definition) is 7. The average molecular weight is 455 g/mol. The molecule has 0 aliphatic carbocycles. The van der Waals surface area contributed by atoms with Gasteiger partial charge in [-0.3, -0.25) is 9.20 Å². The lowest BCUT2D eigenvalue weighted by molar-refractivity contribution is 0.0556. The van der Waals surface area contributed by atoms with E-state index in [0.29, 0.717) is 16.2 Å². The lowest BCUT2D eigenvalue weighted by Gasteiger charge is -2.06. The minimum absolute atomic E-state index is 0.0465. The molecule has 0 saturated heterocycles. The van der Waals surface area contributed by atoms with Crippen LogP contribution in [0.2, 0.25) is 5.02 Å². The smallest absolute Gasteiger partial charge is 0.341 e. The van der Waals surface area contributed by atoms with E-state index >= 15 is 0 Å². The first-order valence-corrected chi connectivity index (χ1v) is 10.3. The summed E-state index contributed by atoms with van der Waals surface area (Å²) in [5.74, 6) is -2.09. The normalized spacial score (nSPS) is 10.8.